The maximum atomic E-state index is 13.0. The fourth-order valence-electron chi connectivity index (χ4n) is 3.57. The molecule has 3 aromatic carbocycles. The summed E-state index contributed by atoms with van der Waals surface area (Å²) >= 11 is 4.26. The first kappa shape index (κ1) is 25.7. The largest absolute Gasteiger partial charge is 0.488 e. The summed E-state index contributed by atoms with van der Waals surface area (Å²) in [5.74, 6) is 0.0113. The highest BCUT2D eigenvalue weighted by atomic mass is 79.9. The van der Waals surface area contributed by atoms with Crippen LogP contribution in [0.25, 0.3) is 6.08 Å². The van der Waals surface area contributed by atoms with E-state index in [-0.39, 0.29) is 11.4 Å². The summed E-state index contributed by atoms with van der Waals surface area (Å²) < 4.78 is 6.79. The summed E-state index contributed by atoms with van der Waals surface area (Å²) in [6.07, 6.45) is 1.62. The van der Waals surface area contributed by atoms with Crippen LogP contribution in [0.2, 0.25) is 0 Å². The van der Waals surface area contributed by atoms with Crippen molar-refractivity contribution in [3.05, 3.63) is 98.9 Å². The minimum Gasteiger partial charge on any atom is -0.488 e. The van der Waals surface area contributed by atoms with Gasteiger partial charge in [-0.2, -0.15) is 0 Å². The first-order valence-electron chi connectivity index (χ1n) is 11.4. The molecule has 0 atom stereocenters. The molecule has 0 bridgehead atoms. The Hall–Kier alpha value is -3.36. The Morgan fingerprint density at radius 2 is 1.78 bits per heavy atom. The third-order valence-corrected chi connectivity index (χ3v) is 6.93. The molecular weight excluding hydrogens is 540 g/mol. The van der Waals surface area contributed by atoms with Crippen LogP contribution < -0.4 is 10.1 Å². The molecule has 1 fully saturated rings. The summed E-state index contributed by atoms with van der Waals surface area (Å²) in [6.45, 7) is 4.19. The lowest BCUT2D eigenvalue weighted by atomic mass is 10.0. The Balaban J connectivity index is 1.45. The van der Waals surface area contributed by atoms with Crippen molar-refractivity contribution in [1.29, 1.82) is 0 Å². The lowest BCUT2D eigenvalue weighted by molar-refractivity contribution is -0.127. The topological polar surface area (TPSA) is 75.7 Å². The molecule has 1 N–H and O–H groups in total. The van der Waals surface area contributed by atoms with E-state index >= 15 is 0 Å². The van der Waals surface area contributed by atoms with Crippen molar-refractivity contribution in [2.45, 2.75) is 26.4 Å². The van der Waals surface area contributed by atoms with Gasteiger partial charge in [0, 0.05) is 15.7 Å². The van der Waals surface area contributed by atoms with Crippen molar-refractivity contribution in [2.24, 2.45) is 0 Å². The molecule has 0 aliphatic carbocycles. The number of carbonyl (C=O) groups is 3. The van der Waals surface area contributed by atoms with E-state index in [9.17, 15) is 14.4 Å². The van der Waals surface area contributed by atoms with Crippen molar-refractivity contribution in [2.75, 3.05) is 11.9 Å². The van der Waals surface area contributed by atoms with Crippen molar-refractivity contribution >= 4 is 56.5 Å². The van der Waals surface area contributed by atoms with Crippen molar-refractivity contribution < 1.29 is 19.1 Å². The summed E-state index contributed by atoms with van der Waals surface area (Å²) in [4.78, 5) is 39.3. The Morgan fingerprint density at radius 3 is 2.47 bits per heavy atom. The van der Waals surface area contributed by atoms with Gasteiger partial charge in [-0.1, -0.05) is 72.2 Å². The van der Waals surface area contributed by atoms with Crippen LogP contribution >= 0.6 is 27.7 Å². The monoisotopic (exact) mass is 564 g/mol. The van der Waals surface area contributed by atoms with Crippen LogP contribution in [0.15, 0.2) is 82.2 Å². The van der Waals surface area contributed by atoms with Gasteiger partial charge in [-0.05, 0) is 65.2 Å². The summed E-state index contributed by atoms with van der Waals surface area (Å²) in [5.41, 5.74) is 3.43. The number of nitrogens with zero attached hydrogens (tertiary/aromatic N) is 1. The second-order valence-corrected chi connectivity index (χ2v) is 10.5. The van der Waals surface area contributed by atoms with Gasteiger partial charge in [0.05, 0.1) is 4.91 Å². The zero-order chi connectivity index (χ0) is 25.7. The molecule has 0 saturated carbocycles. The molecule has 184 valence electrons. The molecule has 1 aliphatic heterocycles. The van der Waals surface area contributed by atoms with Crippen molar-refractivity contribution in [1.82, 2.24) is 4.90 Å². The van der Waals surface area contributed by atoms with E-state index in [0.29, 0.717) is 29.5 Å². The molecule has 0 unspecified atom stereocenters. The molecule has 8 heteroatoms. The van der Waals surface area contributed by atoms with Gasteiger partial charge < -0.3 is 10.1 Å². The van der Waals surface area contributed by atoms with Gasteiger partial charge in [0.15, 0.2) is 0 Å². The predicted octanol–water partition coefficient (Wildman–Crippen LogP) is 6.83. The smallest absolute Gasteiger partial charge is 0.294 e. The lowest BCUT2D eigenvalue weighted by Crippen LogP contribution is -2.36. The molecular formula is C28H25BrN2O4S. The molecule has 36 heavy (non-hydrogen) atoms. The lowest BCUT2D eigenvalue weighted by Gasteiger charge is -2.13. The number of hydrogen-bond acceptors (Lipinski definition) is 5. The summed E-state index contributed by atoms with van der Waals surface area (Å²) in [7, 11) is 0. The number of anilines is 1. The van der Waals surface area contributed by atoms with Crippen LogP contribution in [0.5, 0.6) is 5.75 Å². The maximum absolute atomic E-state index is 13.0. The Morgan fingerprint density at radius 1 is 1.06 bits per heavy atom. The Bertz CT molecular complexity index is 1310. The molecule has 0 spiro atoms. The number of hydrogen-bond donors (Lipinski definition) is 1. The van der Waals surface area contributed by atoms with Gasteiger partial charge in [0.2, 0.25) is 5.91 Å². The number of nitrogens with one attached hydrogen (secondary N) is 1. The molecule has 4 rings (SSSR count). The average molecular weight is 565 g/mol. The van der Waals surface area contributed by atoms with Crippen molar-refractivity contribution in [3.8, 4) is 5.75 Å². The standard InChI is InChI=1S/C28H25BrN2O4S/c1-18(2)20-8-11-23(12-9-20)30-26(32)16-31-27(33)25(36-28(31)34)15-21-14-22(29)10-13-24(21)35-17-19-6-4-3-5-7-19/h3-15,18H,16-17H2,1-2H3,(H,30,32)/b25-15-. The third-order valence-electron chi connectivity index (χ3n) is 5.53. The van der Waals surface area contributed by atoms with Crippen LogP contribution in [-0.2, 0) is 16.2 Å². The minimum atomic E-state index is -0.510. The van der Waals surface area contributed by atoms with E-state index in [0.717, 1.165) is 32.3 Å². The molecule has 1 aliphatic rings. The zero-order valence-electron chi connectivity index (χ0n) is 19.9. The predicted molar refractivity (Wildman–Crippen MR) is 147 cm³/mol. The normalized spacial score (nSPS) is 14.6. The number of rotatable bonds is 8. The first-order chi connectivity index (χ1) is 17.3. The maximum Gasteiger partial charge on any atom is 0.294 e. The first-order valence-corrected chi connectivity index (χ1v) is 13.0. The molecule has 3 aromatic rings. The molecule has 3 amide bonds. The SMILES string of the molecule is CC(C)c1ccc(NC(=O)CN2C(=O)S/C(=C\c3cc(Br)ccc3OCc3ccccc3)C2=O)cc1. The van der Waals surface area contributed by atoms with E-state index < -0.39 is 17.1 Å². The summed E-state index contributed by atoms with van der Waals surface area (Å²) in [5, 5.41) is 2.26. The van der Waals surface area contributed by atoms with Gasteiger partial charge in [0.1, 0.15) is 18.9 Å². The van der Waals surface area contributed by atoms with Crippen LogP contribution in [0.3, 0.4) is 0 Å². The number of thioether (sulfide) groups is 1. The highest BCUT2D eigenvalue weighted by molar-refractivity contribution is 9.10. The Labute approximate surface area is 222 Å². The molecule has 6 nitrogen and oxygen atoms in total. The van der Waals surface area contributed by atoms with Crippen molar-refractivity contribution in [3.63, 3.8) is 0 Å². The van der Waals surface area contributed by atoms with Gasteiger partial charge in [-0.3, -0.25) is 19.3 Å². The number of imide groups is 1. The van der Waals surface area contributed by atoms with E-state index in [4.69, 9.17) is 4.74 Å². The van der Waals surface area contributed by atoms with Gasteiger partial charge in [-0.15, -0.1) is 0 Å². The van der Waals surface area contributed by atoms with E-state index in [1.165, 1.54) is 0 Å². The second-order valence-electron chi connectivity index (χ2n) is 8.55. The molecule has 0 aromatic heterocycles. The van der Waals surface area contributed by atoms with Gasteiger partial charge in [-0.25, -0.2) is 0 Å². The molecule has 1 heterocycles. The van der Waals surface area contributed by atoms with Crippen LogP contribution in [0, 0.1) is 0 Å². The fraction of sp³-hybridized carbons (Fsp3) is 0.179. The fourth-order valence-corrected chi connectivity index (χ4v) is 4.78. The van der Waals surface area contributed by atoms with E-state index in [1.807, 2.05) is 66.7 Å². The number of amides is 3. The summed E-state index contributed by atoms with van der Waals surface area (Å²) in [6, 6.07) is 22.7. The Kier molecular flexibility index (Phi) is 8.28. The highest BCUT2D eigenvalue weighted by Gasteiger charge is 2.36. The second kappa shape index (κ2) is 11.6. The number of carbonyl (C=O) groups excluding carboxylic acids is 3. The van der Waals surface area contributed by atoms with Gasteiger partial charge >= 0.3 is 0 Å². The van der Waals surface area contributed by atoms with E-state index in [1.54, 1.807) is 12.1 Å². The van der Waals surface area contributed by atoms with Crippen LogP contribution in [0.1, 0.15) is 36.5 Å². The number of halogens is 1. The number of ether oxygens (including phenoxy) is 1. The minimum absolute atomic E-state index is 0.233. The quantitative estimate of drug-likeness (QED) is 0.303. The van der Waals surface area contributed by atoms with Crippen LogP contribution in [-0.4, -0.2) is 28.5 Å². The average Bonchev–Trinajstić information content (AvgIpc) is 3.11. The van der Waals surface area contributed by atoms with E-state index in [2.05, 4.69) is 35.1 Å². The third kappa shape index (κ3) is 6.44. The highest BCUT2D eigenvalue weighted by Crippen LogP contribution is 2.35. The number of benzene rings is 3. The van der Waals surface area contributed by atoms with Gasteiger partial charge in [0.25, 0.3) is 11.1 Å². The molecule has 1 saturated heterocycles. The molecule has 0 radical (unpaired) electrons. The zero-order valence-corrected chi connectivity index (χ0v) is 22.3. The van der Waals surface area contributed by atoms with Crippen LogP contribution in [0.4, 0.5) is 10.5 Å².